The number of hydrogen-bond donors (Lipinski definition) is 1. The Balaban J connectivity index is 2.39. The maximum absolute atomic E-state index is 11.4. The van der Waals surface area contributed by atoms with Crippen LogP contribution in [-0.4, -0.2) is 68.0 Å². The lowest BCUT2D eigenvalue weighted by atomic mass is 10.1. The van der Waals surface area contributed by atoms with E-state index in [-0.39, 0.29) is 24.5 Å². The van der Waals surface area contributed by atoms with Gasteiger partial charge in [-0.1, -0.05) is 0 Å². The van der Waals surface area contributed by atoms with Crippen molar-refractivity contribution in [3.05, 3.63) is 0 Å². The number of Topliss-reactive ketones (excluding diaryl/α,β-unsaturated/α-hetero) is 1. The van der Waals surface area contributed by atoms with Crippen molar-refractivity contribution in [2.24, 2.45) is 0 Å². The summed E-state index contributed by atoms with van der Waals surface area (Å²) in [5.41, 5.74) is 0. The number of hydrogen-bond acceptors (Lipinski definition) is 5. The lowest BCUT2D eigenvalue weighted by Crippen LogP contribution is -2.47. The predicted molar refractivity (Wildman–Crippen MR) is 64.0 cm³/mol. The first-order valence-corrected chi connectivity index (χ1v) is 6.14. The summed E-state index contributed by atoms with van der Waals surface area (Å²) in [6, 6.07) is -0.124. The van der Waals surface area contributed by atoms with Crippen LogP contribution in [0.5, 0.6) is 0 Å². The lowest BCUT2D eigenvalue weighted by Gasteiger charge is -2.30. The number of carbonyl (C=O) groups excluding carboxylic acids is 1. The number of rotatable bonds is 8. The van der Waals surface area contributed by atoms with Crippen molar-refractivity contribution < 1.29 is 19.4 Å². The summed E-state index contributed by atoms with van der Waals surface area (Å²) >= 11 is 0. The summed E-state index contributed by atoms with van der Waals surface area (Å²) in [7, 11) is 1.64. The van der Waals surface area contributed by atoms with Crippen LogP contribution in [0.1, 0.15) is 19.8 Å². The van der Waals surface area contributed by atoms with Crippen LogP contribution in [0.15, 0.2) is 0 Å². The summed E-state index contributed by atoms with van der Waals surface area (Å²) in [6.07, 6.45) is 2.08. The molecule has 100 valence electrons. The molecule has 1 aliphatic rings. The molecule has 0 aromatic carbocycles. The molecule has 1 aliphatic heterocycles. The summed E-state index contributed by atoms with van der Waals surface area (Å²) < 4.78 is 10.4. The van der Waals surface area contributed by atoms with Gasteiger partial charge in [0.05, 0.1) is 32.5 Å². The van der Waals surface area contributed by atoms with Crippen molar-refractivity contribution in [3.8, 4) is 0 Å². The van der Waals surface area contributed by atoms with E-state index in [1.807, 2.05) is 0 Å². The smallest absolute Gasteiger partial charge is 0.149 e. The average molecular weight is 245 g/mol. The second kappa shape index (κ2) is 7.76. The molecular weight excluding hydrogens is 222 g/mol. The number of aliphatic hydroxyl groups excluding tert-OH is 1. The van der Waals surface area contributed by atoms with Crippen LogP contribution < -0.4 is 0 Å². The average Bonchev–Trinajstić information content (AvgIpc) is 2.73. The predicted octanol–water partition coefficient (Wildman–Crippen LogP) is 0.0637. The molecule has 17 heavy (non-hydrogen) atoms. The van der Waals surface area contributed by atoms with E-state index in [9.17, 15) is 9.90 Å². The number of nitrogens with zero attached hydrogens (tertiary/aromatic N) is 1. The molecule has 1 fully saturated rings. The van der Waals surface area contributed by atoms with E-state index < -0.39 is 0 Å². The zero-order valence-electron chi connectivity index (χ0n) is 10.7. The minimum absolute atomic E-state index is 0.0243. The molecule has 0 amide bonds. The third-order valence-corrected chi connectivity index (χ3v) is 3.21. The number of methoxy groups -OCH3 is 1. The van der Waals surface area contributed by atoms with Crippen molar-refractivity contribution in [1.82, 2.24) is 4.90 Å². The molecule has 2 atom stereocenters. The first-order valence-electron chi connectivity index (χ1n) is 6.14. The fourth-order valence-corrected chi connectivity index (χ4v) is 2.28. The number of carbonyl (C=O) groups is 1. The second-order valence-electron chi connectivity index (χ2n) is 4.41. The Kier molecular flexibility index (Phi) is 6.65. The first-order chi connectivity index (χ1) is 8.20. The molecule has 1 unspecified atom stereocenters. The highest BCUT2D eigenvalue weighted by molar-refractivity contribution is 5.81. The van der Waals surface area contributed by atoms with Gasteiger partial charge in [-0.3, -0.25) is 9.69 Å². The molecule has 0 aromatic rings. The Labute approximate surface area is 103 Å². The van der Waals surface area contributed by atoms with Gasteiger partial charge in [-0.15, -0.1) is 0 Å². The maximum atomic E-state index is 11.4. The quantitative estimate of drug-likeness (QED) is 0.613. The van der Waals surface area contributed by atoms with Crippen LogP contribution in [0.25, 0.3) is 0 Å². The first kappa shape index (κ1) is 14.6. The fraction of sp³-hybridized carbons (Fsp3) is 0.917. The highest BCUT2D eigenvalue weighted by Crippen LogP contribution is 2.20. The van der Waals surface area contributed by atoms with E-state index in [0.29, 0.717) is 19.8 Å². The van der Waals surface area contributed by atoms with Crippen LogP contribution in [0, 0.1) is 0 Å². The topological polar surface area (TPSA) is 59.0 Å². The molecule has 0 aliphatic carbocycles. The van der Waals surface area contributed by atoms with Crippen molar-refractivity contribution >= 4 is 5.78 Å². The molecule has 0 bridgehead atoms. The van der Waals surface area contributed by atoms with Crippen molar-refractivity contribution in [2.75, 3.05) is 40.1 Å². The molecule has 0 aromatic heterocycles. The van der Waals surface area contributed by atoms with Crippen LogP contribution in [0.3, 0.4) is 0 Å². The van der Waals surface area contributed by atoms with E-state index in [2.05, 4.69) is 4.90 Å². The zero-order valence-corrected chi connectivity index (χ0v) is 10.7. The molecule has 0 radical (unpaired) electrons. The highest BCUT2D eigenvalue weighted by Gasteiger charge is 2.32. The molecule has 0 spiro atoms. The Hall–Kier alpha value is -0.490. The van der Waals surface area contributed by atoms with Crippen LogP contribution in [-0.2, 0) is 14.3 Å². The molecule has 1 N–H and O–H groups in total. The Morgan fingerprint density at radius 1 is 1.53 bits per heavy atom. The lowest BCUT2D eigenvalue weighted by molar-refractivity contribution is -0.124. The number of ketones is 1. The van der Waals surface area contributed by atoms with Crippen molar-refractivity contribution in [3.63, 3.8) is 0 Å². The summed E-state index contributed by atoms with van der Waals surface area (Å²) in [5.74, 6) is 0.0243. The molecule has 0 saturated carbocycles. The molecule has 5 nitrogen and oxygen atoms in total. The van der Waals surface area contributed by atoms with Gasteiger partial charge in [0, 0.05) is 13.2 Å². The van der Waals surface area contributed by atoms with Gasteiger partial charge in [-0.25, -0.2) is 0 Å². The van der Waals surface area contributed by atoms with Crippen LogP contribution in [0.2, 0.25) is 0 Å². The monoisotopic (exact) mass is 245 g/mol. The molecular formula is C12H23NO4. The van der Waals surface area contributed by atoms with E-state index in [1.54, 1.807) is 7.11 Å². The van der Waals surface area contributed by atoms with Gasteiger partial charge < -0.3 is 14.6 Å². The number of ether oxygens (including phenoxy) is 2. The second-order valence-corrected chi connectivity index (χ2v) is 4.41. The third kappa shape index (κ3) is 4.35. The van der Waals surface area contributed by atoms with Crippen LogP contribution >= 0.6 is 0 Å². The maximum Gasteiger partial charge on any atom is 0.149 e. The van der Waals surface area contributed by atoms with E-state index in [4.69, 9.17) is 9.47 Å². The van der Waals surface area contributed by atoms with E-state index >= 15 is 0 Å². The summed E-state index contributed by atoms with van der Waals surface area (Å²) in [5, 5.41) is 9.26. The SMILES string of the molecule is COCCOCC1CCCN1[C@@H](CO)C(C)=O. The number of aliphatic hydroxyl groups is 1. The Morgan fingerprint density at radius 2 is 2.29 bits per heavy atom. The van der Waals surface area contributed by atoms with Gasteiger partial charge in [0.25, 0.3) is 0 Å². The van der Waals surface area contributed by atoms with Gasteiger partial charge in [-0.2, -0.15) is 0 Å². The molecule has 1 saturated heterocycles. The standard InChI is InChI=1S/C12H23NO4/c1-10(15)12(8-14)13-5-3-4-11(13)9-17-7-6-16-2/h11-12,14H,3-9H2,1-2H3/t11?,12-/m0/s1. The summed E-state index contributed by atoms with van der Waals surface area (Å²) in [6.45, 7) is 4.05. The highest BCUT2D eigenvalue weighted by atomic mass is 16.5. The minimum Gasteiger partial charge on any atom is -0.394 e. The molecule has 1 heterocycles. The van der Waals surface area contributed by atoms with Crippen molar-refractivity contribution in [2.45, 2.75) is 31.8 Å². The fourth-order valence-electron chi connectivity index (χ4n) is 2.28. The van der Waals surface area contributed by atoms with Gasteiger partial charge >= 0.3 is 0 Å². The molecule has 5 heteroatoms. The third-order valence-electron chi connectivity index (χ3n) is 3.21. The summed E-state index contributed by atoms with van der Waals surface area (Å²) in [4.78, 5) is 13.5. The van der Waals surface area contributed by atoms with Crippen molar-refractivity contribution in [1.29, 1.82) is 0 Å². The van der Waals surface area contributed by atoms with Gasteiger partial charge in [0.2, 0.25) is 0 Å². The minimum atomic E-state index is -0.367. The largest absolute Gasteiger partial charge is 0.394 e. The zero-order chi connectivity index (χ0) is 12.7. The van der Waals surface area contributed by atoms with Gasteiger partial charge in [-0.05, 0) is 26.3 Å². The van der Waals surface area contributed by atoms with Gasteiger partial charge in [0.15, 0.2) is 0 Å². The molecule has 1 rings (SSSR count). The number of likely N-dealkylation sites (tertiary alicyclic amines) is 1. The van der Waals surface area contributed by atoms with E-state index in [0.717, 1.165) is 19.4 Å². The Bertz CT molecular complexity index is 235. The Morgan fingerprint density at radius 3 is 2.88 bits per heavy atom. The normalized spacial score (nSPS) is 22.9. The van der Waals surface area contributed by atoms with Gasteiger partial charge in [0.1, 0.15) is 5.78 Å². The van der Waals surface area contributed by atoms with Crippen LogP contribution in [0.4, 0.5) is 0 Å². The van der Waals surface area contributed by atoms with E-state index in [1.165, 1.54) is 6.92 Å².